The van der Waals surface area contributed by atoms with Crippen molar-refractivity contribution in [2.45, 2.75) is 32.9 Å². The number of anilines is 1. The smallest absolute Gasteiger partial charge is 0.196 e. The van der Waals surface area contributed by atoms with Crippen LogP contribution in [0.1, 0.15) is 22.4 Å². The molecule has 0 aliphatic heterocycles. The van der Waals surface area contributed by atoms with Crippen LogP contribution in [0.4, 0.5) is 10.1 Å². The number of thiazole rings is 1. The van der Waals surface area contributed by atoms with Crippen LogP contribution in [0.5, 0.6) is 0 Å². The van der Waals surface area contributed by atoms with Crippen molar-refractivity contribution in [2.24, 2.45) is 5.73 Å². The molecule has 0 saturated heterocycles. The highest BCUT2D eigenvalue weighted by atomic mass is 35.5. The standard InChI is InChI=1S/C15H16ClFN4S2.2ClH/c1-7(18)3-10-8(2)14-15(22-10)9(4-11(16)21-14)19-6-13-20-5-12(17)23-13;;/h4-5,7H,3,6,18H2,1-2H3,(H,19,21);2*1H/t7-;;/m0../s1. The summed E-state index contributed by atoms with van der Waals surface area (Å²) in [7, 11) is 0. The van der Waals surface area contributed by atoms with Gasteiger partial charge in [-0.2, -0.15) is 4.39 Å². The van der Waals surface area contributed by atoms with Gasteiger partial charge >= 0.3 is 0 Å². The van der Waals surface area contributed by atoms with Gasteiger partial charge in [-0.1, -0.05) is 22.9 Å². The van der Waals surface area contributed by atoms with Crippen molar-refractivity contribution in [3.8, 4) is 0 Å². The zero-order valence-electron chi connectivity index (χ0n) is 13.5. The first kappa shape index (κ1) is 22.3. The molecule has 3 rings (SSSR count). The van der Waals surface area contributed by atoms with E-state index in [9.17, 15) is 4.39 Å². The average molecular weight is 444 g/mol. The zero-order chi connectivity index (χ0) is 16.6. The molecule has 25 heavy (non-hydrogen) atoms. The Hall–Kier alpha value is -0.700. The van der Waals surface area contributed by atoms with E-state index < -0.39 is 0 Å². The molecule has 0 aromatic carbocycles. The van der Waals surface area contributed by atoms with E-state index in [1.54, 1.807) is 17.4 Å². The molecule has 10 heteroatoms. The average Bonchev–Trinajstić information content (AvgIpc) is 3.02. The summed E-state index contributed by atoms with van der Waals surface area (Å²) in [5, 5.41) is 4.12. The number of nitrogens with one attached hydrogen (secondary N) is 1. The molecule has 3 aromatic heterocycles. The van der Waals surface area contributed by atoms with Gasteiger partial charge in [-0.3, -0.25) is 0 Å². The maximum absolute atomic E-state index is 13.0. The summed E-state index contributed by atoms with van der Waals surface area (Å²) < 4.78 is 14.1. The molecule has 0 fully saturated rings. The van der Waals surface area contributed by atoms with Crippen molar-refractivity contribution in [3.05, 3.63) is 38.0 Å². The van der Waals surface area contributed by atoms with Crippen LogP contribution >= 0.6 is 59.1 Å². The molecule has 3 heterocycles. The third-order valence-electron chi connectivity index (χ3n) is 3.40. The summed E-state index contributed by atoms with van der Waals surface area (Å²) in [6, 6.07) is 1.88. The van der Waals surface area contributed by atoms with Crippen molar-refractivity contribution >= 4 is 75.0 Å². The van der Waals surface area contributed by atoms with Crippen LogP contribution in [0.15, 0.2) is 12.3 Å². The molecule has 3 aromatic rings. The number of aryl methyl sites for hydroxylation is 1. The highest BCUT2D eigenvalue weighted by molar-refractivity contribution is 7.19. The molecule has 0 spiro atoms. The predicted molar refractivity (Wildman–Crippen MR) is 111 cm³/mol. The number of nitrogens with zero attached hydrogens (tertiary/aromatic N) is 2. The Morgan fingerprint density at radius 1 is 1.36 bits per heavy atom. The predicted octanol–water partition coefficient (Wildman–Crippen LogP) is 5.20. The summed E-state index contributed by atoms with van der Waals surface area (Å²) >= 11 is 8.86. The SMILES string of the molecule is Cc1c(C[C@H](C)N)sc2c(NCc3ncc(F)s3)cc(Cl)nc12.Cl.Cl. The molecular weight excluding hydrogens is 426 g/mol. The van der Waals surface area contributed by atoms with Crippen LogP contribution in [-0.4, -0.2) is 16.0 Å². The van der Waals surface area contributed by atoms with Gasteiger partial charge in [-0.05, 0) is 25.8 Å². The zero-order valence-corrected chi connectivity index (χ0v) is 17.5. The van der Waals surface area contributed by atoms with Gasteiger partial charge in [0.2, 0.25) is 0 Å². The number of fused-ring (bicyclic) bond motifs is 1. The van der Waals surface area contributed by atoms with Gasteiger partial charge in [-0.25, -0.2) is 9.97 Å². The lowest BCUT2D eigenvalue weighted by Gasteiger charge is -2.06. The van der Waals surface area contributed by atoms with Gasteiger partial charge in [0.1, 0.15) is 10.2 Å². The molecule has 0 saturated carbocycles. The Kier molecular flexibility index (Phi) is 8.31. The number of hydrogen-bond acceptors (Lipinski definition) is 6. The van der Waals surface area contributed by atoms with Gasteiger partial charge in [0.25, 0.3) is 0 Å². The summed E-state index contributed by atoms with van der Waals surface area (Å²) in [4.78, 5) is 9.68. The lowest BCUT2D eigenvalue weighted by Crippen LogP contribution is -2.17. The van der Waals surface area contributed by atoms with Gasteiger partial charge in [-0.15, -0.1) is 36.2 Å². The van der Waals surface area contributed by atoms with Gasteiger partial charge in [0.05, 0.1) is 28.6 Å². The van der Waals surface area contributed by atoms with Crippen molar-refractivity contribution in [1.29, 1.82) is 0 Å². The number of thiophene rings is 1. The quantitative estimate of drug-likeness (QED) is 0.532. The van der Waals surface area contributed by atoms with Gasteiger partial charge in [0.15, 0.2) is 5.13 Å². The van der Waals surface area contributed by atoms with Crippen molar-refractivity contribution in [3.63, 3.8) is 0 Å². The Bertz CT molecular complexity index is 851. The molecule has 0 aliphatic rings. The third-order valence-corrected chi connectivity index (χ3v) is 5.72. The Morgan fingerprint density at radius 3 is 2.68 bits per heavy atom. The Balaban J connectivity index is 0.00000156. The molecule has 1 atom stereocenters. The summed E-state index contributed by atoms with van der Waals surface area (Å²) in [6.07, 6.45) is 2.04. The van der Waals surface area contributed by atoms with Crippen molar-refractivity contribution < 1.29 is 4.39 Å². The fourth-order valence-corrected chi connectivity index (χ4v) is 4.50. The lowest BCUT2D eigenvalue weighted by molar-refractivity contribution is 0.653. The second-order valence-electron chi connectivity index (χ2n) is 5.41. The molecule has 138 valence electrons. The fraction of sp³-hybridized carbons (Fsp3) is 0.333. The van der Waals surface area contributed by atoms with Gasteiger partial charge in [0, 0.05) is 17.0 Å². The van der Waals surface area contributed by atoms with E-state index in [1.165, 1.54) is 11.1 Å². The number of aromatic nitrogens is 2. The van der Waals surface area contributed by atoms with E-state index in [1.807, 2.05) is 13.8 Å². The number of pyridine rings is 1. The number of hydrogen-bond donors (Lipinski definition) is 2. The Labute approximate surface area is 170 Å². The second kappa shape index (κ2) is 9.30. The number of halogens is 4. The number of nitrogens with two attached hydrogens (primary N) is 1. The van der Waals surface area contributed by atoms with Crippen LogP contribution in [-0.2, 0) is 13.0 Å². The monoisotopic (exact) mass is 442 g/mol. The van der Waals surface area contributed by atoms with Crippen LogP contribution in [0.25, 0.3) is 10.2 Å². The number of rotatable bonds is 5. The molecule has 0 radical (unpaired) electrons. The molecule has 3 N–H and O–H groups in total. The van der Waals surface area contributed by atoms with E-state index >= 15 is 0 Å². The largest absolute Gasteiger partial charge is 0.377 e. The van der Waals surface area contributed by atoms with Crippen LogP contribution in [0.3, 0.4) is 0 Å². The molecule has 0 bridgehead atoms. The van der Waals surface area contributed by atoms with E-state index in [0.717, 1.165) is 39.2 Å². The lowest BCUT2D eigenvalue weighted by atomic mass is 10.1. The van der Waals surface area contributed by atoms with E-state index in [2.05, 4.69) is 15.3 Å². The minimum atomic E-state index is -0.286. The second-order valence-corrected chi connectivity index (χ2v) is 7.97. The van der Waals surface area contributed by atoms with E-state index in [0.29, 0.717) is 16.7 Å². The maximum atomic E-state index is 13.0. The highest BCUT2D eigenvalue weighted by Crippen LogP contribution is 2.37. The molecule has 0 aliphatic carbocycles. The fourth-order valence-electron chi connectivity index (χ4n) is 2.35. The van der Waals surface area contributed by atoms with E-state index in [-0.39, 0.29) is 36.0 Å². The van der Waals surface area contributed by atoms with Crippen molar-refractivity contribution in [2.75, 3.05) is 5.32 Å². The summed E-state index contributed by atoms with van der Waals surface area (Å²) in [5.74, 6) is 0. The summed E-state index contributed by atoms with van der Waals surface area (Å²) in [6.45, 7) is 4.48. The van der Waals surface area contributed by atoms with Crippen LogP contribution < -0.4 is 11.1 Å². The topological polar surface area (TPSA) is 63.8 Å². The minimum absolute atomic E-state index is 0. The molecule has 4 nitrogen and oxygen atoms in total. The van der Waals surface area contributed by atoms with Crippen LogP contribution in [0, 0.1) is 12.1 Å². The van der Waals surface area contributed by atoms with Crippen LogP contribution in [0.2, 0.25) is 5.15 Å². The third kappa shape index (κ3) is 5.15. The van der Waals surface area contributed by atoms with Gasteiger partial charge < -0.3 is 11.1 Å². The molecular formula is C15H18Cl3FN4S2. The highest BCUT2D eigenvalue weighted by Gasteiger charge is 2.15. The molecule has 0 unspecified atom stereocenters. The first-order valence-corrected chi connectivity index (χ1v) is 9.13. The first-order chi connectivity index (χ1) is 10.9. The maximum Gasteiger partial charge on any atom is 0.196 e. The molecule has 0 amide bonds. The first-order valence-electron chi connectivity index (χ1n) is 7.12. The van der Waals surface area contributed by atoms with E-state index in [4.69, 9.17) is 17.3 Å². The van der Waals surface area contributed by atoms with Crippen molar-refractivity contribution in [1.82, 2.24) is 9.97 Å². The minimum Gasteiger partial charge on any atom is -0.377 e. The normalized spacial score (nSPS) is 11.7. The summed E-state index contributed by atoms with van der Waals surface area (Å²) in [5.41, 5.74) is 8.82. The Morgan fingerprint density at radius 2 is 2.08 bits per heavy atom.